The predicted octanol–water partition coefficient (Wildman–Crippen LogP) is 2.14. The van der Waals surface area contributed by atoms with Gasteiger partial charge >= 0.3 is 0 Å². The van der Waals surface area contributed by atoms with E-state index in [1.807, 2.05) is 24.3 Å². The molecule has 0 aliphatic heterocycles. The maximum Gasteiger partial charge on any atom is 0.126 e. The van der Waals surface area contributed by atoms with Gasteiger partial charge in [-0.25, -0.2) is 4.39 Å². The van der Waals surface area contributed by atoms with Crippen molar-refractivity contribution in [2.24, 2.45) is 0 Å². The number of quaternary nitrogens is 1. The van der Waals surface area contributed by atoms with Crippen LogP contribution in [0.4, 0.5) is 4.39 Å². The SMILES string of the molecule is COc1ccc(C[NH2+]CCc2ccccc2F)cc1. The average Bonchev–Trinajstić information content (AvgIpc) is 2.46. The molecule has 0 unspecified atom stereocenters. The van der Waals surface area contributed by atoms with Crippen molar-refractivity contribution in [3.05, 3.63) is 65.5 Å². The van der Waals surface area contributed by atoms with Gasteiger partial charge < -0.3 is 10.1 Å². The molecule has 0 aliphatic carbocycles. The summed E-state index contributed by atoms with van der Waals surface area (Å²) in [5.41, 5.74) is 2.03. The van der Waals surface area contributed by atoms with Gasteiger partial charge in [0.15, 0.2) is 0 Å². The minimum Gasteiger partial charge on any atom is -0.497 e. The molecule has 2 aromatic rings. The molecule has 0 amide bonds. The Labute approximate surface area is 113 Å². The molecule has 0 atom stereocenters. The molecule has 0 saturated heterocycles. The zero-order valence-electron chi connectivity index (χ0n) is 11.1. The second kappa shape index (κ2) is 6.90. The van der Waals surface area contributed by atoms with Gasteiger partial charge in [0.05, 0.1) is 13.7 Å². The van der Waals surface area contributed by atoms with Crippen molar-refractivity contribution in [2.45, 2.75) is 13.0 Å². The number of nitrogens with two attached hydrogens (primary N) is 1. The fourth-order valence-electron chi connectivity index (χ4n) is 1.99. The second-order valence-corrected chi connectivity index (χ2v) is 4.47. The summed E-state index contributed by atoms with van der Waals surface area (Å²) in [5.74, 6) is 0.760. The summed E-state index contributed by atoms with van der Waals surface area (Å²) in [6, 6.07) is 15.0. The third kappa shape index (κ3) is 4.07. The summed E-state index contributed by atoms with van der Waals surface area (Å²) in [4.78, 5) is 0. The van der Waals surface area contributed by atoms with Crippen molar-refractivity contribution in [3.8, 4) is 5.75 Å². The highest BCUT2D eigenvalue weighted by Crippen LogP contribution is 2.10. The summed E-state index contributed by atoms with van der Waals surface area (Å²) in [6.45, 7) is 1.78. The van der Waals surface area contributed by atoms with Crippen LogP contribution >= 0.6 is 0 Å². The van der Waals surface area contributed by atoms with E-state index in [1.165, 1.54) is 11.6 Å². The smallest absolute Gasteiger partial charge is 0.126 e. The van der Waals surface area contributed by atoms with Crippen LogP contribution in [0.25, 0.3) is 0 Å². The molecular formula is C16H19FNO+. The molecule has 2 N–H and O–H groups in total. The standard InChI is InChI=1S/C16H18FNO/c1-19-15-8-6-13(7-9-15)12-18-11-10-14-4-2-3-5-16(14)17/h2-9,18H,10-12H2,1H3/p+1. The van der Waals surface area contributed by atoms with Crippen LogP contribution in [0, 0.1) is 5.82 Å². The van der Waals surface area contributed by atoms with Crippen LogP contribution in [0.3, 0.4) is 0 Å². The second-order valence-electron chi connectivity index (χ2n) is 4.47. The predicted molar refractivity (Wildman–Crippen MR) is 73.6 cm³/mol. The number of benzene rings is 2. The average molecular weight is 260 g/mol. The minimum atomic E-state index is -0.111. The lowest BCUT2D eigenvalue weighted by atomic mass is 10.1. The van der Waals surface area contributed by atoms with Crippen molar-refractivity contribution < 1.29 is 14.4 Å². The van der Waals surface area contributed by atoms with E-state index in [2.05, 4.69) is 17.4 Å². The Morgan fingerprint density at radius 1 is 1.05 bits per heavy atom. The number of hydrogen-bond acceptors (Lipinski definition) is 1. The molecule has 2 aromatic carbocycles. The highest BCUT2D eigenvalue weighted by atomic mass is 19.1. The number of methoxy groups -OCH3 is 1. The monoisotopic (exact) mass is 260 g/mol. The zero-order chi connectivity index (χ0) is 13.5. The van der Waals surface area contributed by atoms with Crippen molar-refractivity contribution in [1.29, 1.82) is 0 Å². The molecule has 0 heterocycles. The lowest BCUT2D eigenvalue weighted by Gasteiger charge is -2.04. The lowest BCUT2D eigenvalue weighted by molar-refractivity contribution is -0.670. The van der Waals surface area contributed by atoms with E-state index in [4.69, 9.17) is 4.74 Å². The summed E-state index contributed by atoms with van der Waals surface area (Å²) in [5, 5.41) is 2.19. The molecule has 0 fully saturated rings. The van der Waals surface area contributed by atoms with E-state index >= 15 is 0 Å². The number of ether oxygens (including phenoxy) is 1. The van der Waals surface area contributed by atoms with Gasteiger partial charge in [-0.15, -0.1) is 0 Å². The quantitative estimate of drug-likeness (QED) is 0.791. The first-order valence-electron chi connectivity index (χ1n) is 6.47. The van der Waals surface area contributed by atoms with Gasteiger partial charge in [0.2, 0.25) is 0 Å². The molecule has 19 heavy (non-hydrogen) atoms. The summed E-state index contributed by atoms with van der Waals surface area (Å²) >= 11 is 0. The largest absolute Gasteiger partial charge is 0.497 e. The fourth-order valence-corrected chi connectivity index (χ4v) is 1.99. The van der Waals surface area contributed by atoms with Crippen LogP contribution in [0.15, 0.2) is 48.5 Å². The Kier molecular flexibility index (Phi) is 4.93. The first-order chi connectivity index (χ1) is 9.29. The molecule has 0 aliphatic rings. The summed E-state index contributed by atoms with van der Waals surface area (Å²) < 4.78 is 18.5. The lowest BCUT2D eigenvalue weighted by Crippen LogP contribution is -2.83. The fraction of sp³-hybridized carbons (Fsp3) is 0.250. The molecule has 0 bridgehead atoms. The molecule has 3 heteroatoms. The summed E-state index contributed by atoms with van der Waals surface area (Å²) in [6.07, 6.45) is 0.753. The van der Waals surface area contributed by atoms with E-state index in [9.17, 15) is 4.39 Å². The highest BCUT2D eigenvalue weighted by Gasteiger charge is 2.02. The van der Waals surface area contributed by atoms with Crippen LogP contribution in [0.1, 0.15) is 11.1 Å². The van der Waals surface area contributed by atoms with Gasteiger partial charge in [-0.3, -0.25) is 0 Å². The third-order valence-electron chi connectivity index (χ3n) is 3.11. The first kappa shape index (κ1) is 13.6. The van der Waals surface area contributed by atoms with Crippen molar-refractivity contribution in [2.75, 3.05) is 13.7 Å². The van der Waals surface area contributed by atoms with Crippen LogP contribution < -0.4 is 10.1 Å². The van der Waals surface area contributed by atoms with Crippen LogP contribution in [-0.4, -0.2) is 13.7 Å². The molecule has 0 saturated carbocycles. The van der Waals surface area contributed by atoms with Gasteiger partial charge in [0.25, 0.3) is 0 Å². The minimum absolute atomic E-state index is 0.111. The Balaban J connectivity index is 1.76. The zero-order valence-corrected chi connectivity index (χ0v) is 11.1. The van der Waals surface area contributed by atoms with Gasteiger partial charge in [0, 0.05) is 12.0 Å². The molecule has 2 nitrogen and oxygen atoms in total. The van der Waals surface area contributed by atoms with Gasteiger partial charge in [0.1, 0.15) is 18.1 Å². The van der Waals surface area contributed by atoms with E-state index < -0.39 is 0 Å². The Morgan fingerprint density at radius 2 is 1.79 bits per heavy atom. The number of rotatable bonds is 6. The number of halogens is 1. The molecule has 100 valence electrons. The molecule has 0 spiro atoms. The van der Waals surface area contributed by atoms with E-state index in [-0.39, 0.29) is 5.82 Å². The molecule has 0 aromatic heterocycles. The maximum atomic E-state index is 13.4. The number of hydrogen-bond donors (Lipinski definition) is 1. The first-order valence-corrected chi connectivity index (χ1v) is 6.47. The molecule has 2 rings (SSSR count). The van der Waals surface area contributed by atoms with Crippen LogP contribution in [0.5, 0.6) is 5.75 Å². The molecular weight excluding hydrogens is 241 g/mol. The Morgan fingerprint density at radius 3 is 2.47 bits per heavy atom. The van der Waals surface area contributed by atoms with Crippen molar-refractivity contribution >= 4 is 0 Å². The van der Waals surface area contributed by atoms with Crippen molar-refractivity contribution in [3.63, 3.8) is 0 Å². The normalized spacial score (nSPS) is 10.4. The third-order valence-corrected chi connectivity index (χ3v) is 3.11. The van der Waals surface area contributed by atoms with Gasteiger partial charge in [-0.1, -0.05) is 18.2 Å². The topological polar surface area (TPSA) is 25.8 Å². The molecule has 0 radical (unpaired) electrons. The van der Waals surface area contributed by atoms with Crippen LogP contribution in [0.2, 0.25) is 0 Å². The van der Waals surface area contributed by atoms with E-state index in [0.717, 1.165) is 30.8 Å². The highest BCUT2D eigenvalue weighted by molar-refractivity contribution is 5.26. The summed E-state index contributed by atoms with van der Waals surface area (Å²) in [7, 11) is 1.66. The maximum absolute atomic E-state index is 13.4. The van der Waals surface area contributed by atoms with E-state index in [1.54, 1.807) is 13.2 Å². The Bertz CT molecular complexity index is 510. The van der Waals surface area contributed by atoms with E-state index in [0.29, 0.717) is 0 Å². The Hall–Kier alpha value is -1.87. The van der Waals surface area contributed by atoms with Gasteiger partial charge in [-0.2, -0.15) is 0 Å². The van der Waals surface area contributed by atoms with Gasteiger partial charge in [-0.05, 0) is 35.9 Å². The van der Waals surface area contributed by atoms with Crippen molar-refractivity contribution in [1.82, 2.24) is 0 Å². The van der Waals surface area contributed by atoms with Crippen LogP contribution in [-0.2, 0) is 13.0 Å².